The maximum absolute atomic E-state index is 13.4. The second-order valence-electron chi connectivity index (χ2n) is 8.25. The third-order valence-electron chi connectivity index (χ3n) is 5.47. The van der Waals surface area contributed by atoms with Gasteiger partial charge in [0.2, 0.25) is 5.91 Å². The van der Waals surface area contributed by atoms with Crippen LogP contribution in [0.4, 0.5) is 4.39 Å². The van der Waals surface area contributed by atoms with Gasteiger partial charge in [-0.1, -0.05) is 67.1 Å². The number of aryl methyl sites for hydroxylation is 1. The average Bonchev–Trinajstić information content (AvgIpc) is 2.86. The maximum atomic E-state index is 13.4. The Balaban J connectivity index is 1.87. The first-order chi connectivity index (χ1) is 16.5. The van der Waals surface area contributed by atoms with E-state index in [1.165, 1.54) is 24.3 Å². The summed E-state index contributed by atoms with van der Waals surface area (Å²) in [5.74, 6) is -0.513. The van der Waals surface area contributed by atoms with Crippen molar-refractivity contribution in [2.45, 2.75) is 39.3 Å². The molecular formula is C28H31FN2O3. The number of rotatable bonds is 11. The molecule has 0 unspecified atom stereocenters. The Kier molecular flexibility index (Phi) is 9.21. The highest BCUT2D eigenvalue weighted by atomic mass is 19.1. The van der Waals surface area contributed by atoms with Crippen molar-refractivity contribution in [3.8, 4) is 5.75 Å². The Morgan fingerprint density at radius 3 is 2.26 bits per heavy atom. The number of nitrogens with one attached hydrogen (secondary N) is 1. The van der Waals surface area contributed by atoms with Crippen molar-refractivity contribution in [2.75, 3.05) is 13.2 Å². The van der Waals surface area contributed by atoms with Crippen LogP contribution in [0, 0.1) is 12.7 Å². The molecule has 178 valence electrons. The summed E-state index contributed by atoms with van der Waals surface area (Å²) in [6, 6.07) is 22.3. The van der Waals surface area contributed by atoms with E-state index in [4.69, 9.17) is 4.74 Å². The molecule has 0 bridgehead atoms. The number of ether oxygens (including phenoxy) is 1. The summed E-state index contributed by atoms with van der Waals surface area (Å²) in [5, 5.41) is 2.95. The fourth-order valence-corrected chi connectivity index (χ4v) is 3.57. The van der Waals surface area contributed by atoms with Crippen LogP contribution in [0.3, 0.4) is 0 Å². The molecule has 5 nitrogen and oxygen atoms in total. The summed E-state index contributed by atoms with van der Waals surface area (Å²) >= 11 is 0. The minimum atomic E-state index is -0.709. The van der Waals surface area contributed by atoms with Crippen LogP contribution in [-0.2, 0) is 22.6 Å². The van der Waals surface area contributed by atoms with Crippen molar-refractivity contribution in [3.63, 3.8) is 0 Å². The lowest BCUT2D eigenvalue weighted by molar-refractivity contribution is -0.142. The number of amides is 2. The molecule has 34 heavy (non-hydrogen) atoms. The first kappa shape index (κ1) is 25.0. The third-order valence-corrected chi connectivity index (χ3v) is 5.47. The SMILES string of the molecule is CCCNC(=O)[C@H](Cc1ccccc1)N(Cc1ccc(C)cc1)C(=O)COc1ccc(F)cc1. The van der Waals surface area contributed by atoms with Crippen LogP contribution < -0.4 is 10.1 Å². The highest BCUT2D eigenvalue weighted by molar-refractivity contribution is 5.88. The van der Waals surface area contributed by atoms with Gasteiger partial charge in [-0.25, -0.2) is 4.39 Å². The van der Waals surface area contributed by atoms with Gasteiger partial charge in [-0.3, -0.25) is 9.59 Å². The van der Waals surface area contributed by atoms with Crippen molar-refractivity contribution in [2.24, 2.45) is 0 Å². The molecule has 1 atom stereocenters. The van der Waals surface area contributed by atoms with Gasteiger partial charge in [-0.15, -0.1) is 0 Å². The average molecular weight is 463 g/mol. The van der Waals surface area contributed by atoms with Crippen LogP contribution in [0.1, 0.15) is 30.0 Å². The summed E-state index contributed by atoms with van der Waals surface area (Å²) in [7, 11) is 0. The van der Waals surface area contributed by atoms with Crippen LogP contribution in [0.2, 0.25) is 0 Å². The van der Waals surface area contributed by atoms with Crippen molar-refractivity contribution < 1.29 is 18.7 Å². The number of benzene rings is 3. The quantitative estimate of drug-likeness (QED) is 0.450. The van der Waals surface area contributed by atoms with Gasteiger partial charge >= 0.3 is 0 Å². The molecule has 3 rings (SSSR count). The summed E-state index contributed by atoms with van der Waals surface area (Å²) in [6.45, 7) is 4.52. The van der Waals surface area contributed by atoms with Crippen molar-refractivity contribution >= 4 is 11.8 Å². The Morgan fingerprint density at radius 1 is 0.941 bits per heavy atom. The zero-order valence-corrected chi connectivity index (χ0v) is 19.7. The molecule has 0 saturated carbocycles. The third kappa shape index (κ3) is 7.44. The summed E-state index contributed by atoms with van der Waals surface area (Å²) < 4.78 is 18.8. The molecule has 6 heteroatoms. The van der Waals surface area contributed by atoms with Crippen LogP contribution >= 0.6 is 0 Å². The zero-order valence-electron chi connectivity index (χ0n) is 19.7. The molecular weight excluding hydrogens is 431 g/mol. The fourth-order valence-electron chi connectivity index (χ4n) is 3.57. The predicted molar refractivity (Wildman–Crippen MR) is 131 cm³/mol. The van der Waals surface area contributed by atoms with E-state index in [1.807, 2.05) is 68.4 Å². The number of hydrogen-bond acceptors (Lipinski definition) is 3. The zero-order chi connectivity index (χ0) is 24.3. The largest absolute Gasteiger partial charge is 0.484 e. The minimum absolute atomic E-state index is 0.201. The van der Waals surface area contributed by atoms with E-state index in [0.29, 0.717) is 18.7 Å². The number of carbonyl (C=O) groups excluding carboxylic acids is 2. The molecule has 1 N–H and O–H groups in total. The summed E-state index contributed by atoms with van der Waals surface area (Å²) in [5.41, 5.74) is 2.99. The normalized spacial score (nSPS) is 11.5. The number of carbonyl (C=O) groups is 2. The molecule has 0 radical (unpaired) electrons. The van der Waals surface area contributed by atoms with Gasteiger partial charge in [0, 0.05) is 19.5 Å². The second kappa shape index (κ2) is 12.5. The molecule has 0 spiro atoms. The van der Waals surface area contributed by atoms with E-state index in [1.54, 1.807) is 4.90 Å². The molecule has 0 saturated heterocycles. The standard InChI is InChI=1S/C28H31FN2O3/c1-3-17-30-28(33)26(18-22-7-5-4-6-8-22)31(19-23-11-9-21(2)10-12-23)27(32)20-34-25-15-13-24(29)14-16-25/h4-16,26H,3,17-20H2,1-2H3,(H,30,33)/t26-/m0/s1. The first-order valence-electron chi connectivity index (χ1n) is 11.5. The van der Waals surface area contributed by atoms with E-state index in [2.05, 4.69) is 5.32 Å². The van der Waals surface area contributed by atoms with Gasteiger partial charge in [0.15, 0.2) is 6.61 Å². The molecule has 0 aromatic heterocycles. The Bertz CT molecular complexity index is 1050. The van der Waals surface area contributed by atoms with Gasteiger partial charge in [0.1, 0.15) is 17.6 Å². The smallest absolute Gasteiger partial charge is 0.261 e. The van der Waals surface area contributed by atoms with Gasteiger partial charge < -0.3 is 15.0 Å². The lowest BCUT2D eigenvalue weighted by Crippen LogP contribution is -2.51. The predicted octanol–water partition coefficient (Wildman–Crippen LogP) is 4.68. The van der Waals surface area contributed by atoms with Gasteiger partial charge in [-0.2, -0.15) is 0 Å². The molecule has 3 aromatic rings. The van der Waals surface area contributed by atoms with Crippen LogP contribution in [0.5, 0.6) is 5.75 Å². The van der Waals surface area contributed by atoms with Crippen LogP contribution in [0.15, 0.2) is 78.9 Å². The molecule has 0 fully saturated rings. The minimum Gasteiger partial charge on any atom is -0.484 e. The molecule has 2 amide bonds. The molecule has 0 heterocycles. The molecule has 3 aromatic carbocycles. The number of hydrogen-bond donors (Lipinski definition) is 1. The van der Waals surface area contributed by atoms with E-state index < -0.39 is 6.04 Å². The van der Waals surface area contributed by atoms with Gasteiger partial charge in [0.05, 0.1) is 0 Å². The van der Waals surface area contributed by atoms with Crippen LogP contribution in [0.25, 0.3) is 0 Å². The van der Waals surface area contributed by atoms with Crippen molar-refractivity contribution in [1.29, 1.82) is 0 Å². The molecule has 0 aliphatic rings. The Labute approximate surface area is 200 Å². The Hall–Kier alpha value is -3.67. The van der Waals surface area contributed by atoms with Crippen molar-refractivity contribution in [3.05, 3.63) is 101 Å². The van der Waals surface area contributed by atoms with E-state index in [-0.39, 0.29) is 30.8 Å². The number of halogens is 1. The highest BCUT2D eigenvalue weighted by Gasteiger charge is 2.30. The van der Waals surface area contributed by atoms with Gasteiger partial charge in [-0.05, 0) is 48.7 Å². The topological polar surface area (TPSA) is 58.6 Å². The van der Waals surface area contributed by atoms with Crippen LogP contribution in [-0.4, -0.2) is 35.9 Å². The van der Waals surface area contributed by atoms with Gasteiger partial charge in [0.25, 0.3) is 5.91 Å². The maximum Gasteiger partial charge on any atom is 0.261 e. The van der Waals surface area contributed by atoms with Crippen molar-refractivity contribution in [1.82, 2.24) is 10.2 Å². The molecule has 0 aliphatic heterocycles. The second-order valence-corrected chi connectivity index (χ2v) is 8.25. The van der Waals surface area contributed by atoms with E-state index >= 15 is 0 Å². The summed E-state index contributed by atoms with van der Waals surface area (Å²) in [6.07, 6.45) is 1.17. The highest BCUT2D eigenvalue weighted by Crippen LogP contribution is 2.17. The fraction of sp³-hybridized carbons (Fsp3) is 0.286. The lowest BCUT2D eigenvalue weighted by Gasteiger charge is -2.31. The molecule has 0 aliphatic carbocycles. The monoisotopic (exact) mass is 462 g/mol. The Morgan fingerprint density at radius 2 is 1.62 bits per heavy atom. The lowest BCUT2D eigenvalue weighted by atomic mass is 10.0. The summed E-state index contributed by atoms with van der Waals surface area (Å²) in [4.78, 5) is 28.2. The van der Waals surface area contributed by atoms with E-state index in [9.17, 15) is 14.0 Å². The number of nitrogens with zero attached hydrogens (tertiary/aromatic N) is 1. The van der Waals surface area contributed by atoms with E-state index in [0.717, 1.165) is 23.1 Å². The first-order valence-corrected chi connectivity index (χ1v) is 11.5.